The zero-order chi connectivity index (χ0) is 18.8. The minimum absolute atomic E-state index is 0.0727. The highest BCUT2D eigenvalue weighted by molar-refractivity contribution is 7.99. The largest absolute Gasteiger partial charge is 0.507 e. The number of carbonyl (C=O) groups is 1. The van der Waals surface area contributed by atoms with Crippen LogP contribution in [0.3, 0.4) is 0 Å². The van der Waals surface area contributed by atoms with Gasteiger partial charge in [-0.15, -0.1) is 0 Å². The lowest BCUT2D eigenvalue weighted by Crippen LogP contribution is -2.19. The molecule has 1 heterocycles. The van der Waals surface area contributed by atoms with Crippen LogP contribution >= 0.6 is 11.8 Å². The first-order chi connectivity index (χ1) is 13.1. The Morgan fingerprint density at radius 2 is 1.74 bits per heavy atom. The van der Waals surface area contributed by atoms with Crippen LogP contribution in [-0.4, -0.2) is 16.7 Å². The molecule has 0 aromatic heterocycles. The van der Waals surface area contributed by atoms with E-state index in [9.17, 15) is 9.90 Å². The first-order valence-corrected chi connectivity index (χ1v) is 9.24. The number of aromatic hydroxyl groups is 1. The highest BCUT2D eigenvalue weighted by atomic mass is 32.2. The van der Waals surface area contributed by atoms with Gasteiger partial charge in [-0.05, 0) is 48.9 Å². The molecule has 0 saturated carbocycles. The number of hydrazone groups is 1. The van der Waals surface area contributed by atoms with Crippen molar-refractivity contribution in [2.45, 2.75) is 16.7 Å². The molecular weight excluding hydrogens is 358 g/mol. The molecule has 1 aliphatic heterocycles. The fraction of sp³-hybridized carbons (Fsp3) is 0.0476. The molecule has 6 heteroatoms. The molecule has 0 radical (unpaired) electrons. The van der Waals surface area contributed by atoms with Gasteiger partial charge in [-0.2, -0.15) is 5.10 Å². The summed E-state index contributed by atoms with van der Waals surface area (Å²) in [4.78, 5) is 14.5. The van der Waals surface area contributed by atoms with Gasteiger partial charge in [-0.3, -0.25) is 4.79 Å². The zero-order valence-electron chi connectivity index (χ0n) is 14.6. The number of nitrogens with one attached hydrogen (secondary N) is 2. The second kappa shape index (κ2) is 7.17. The van der Waals surface area contributed by atoms with Crippen LogP contribution in [-0.2, 0) is 0 Å². The van der Waals surface area contributed by atoms with Crippen LogP contribution in [0.5, 0.6) is 5.75 Å². The van der Waals surface area contributed by atoms with Crippen molar-refractivity contribution >= 4 is 34.8 Å². The van der Waals surface area contributed by atoms with E-state index in [2.05, 4.69) is 21.9 Å². The smallest absolute Gasteiger partial charge is 0.275 e. The molecule has 5 nitrogen and oxygen atoms in total. The molecule has 1 aliphatic rings. The molecule has 0 saturated heterocycles. The highest BCUT2D eigenvalue weighted by Gasteiger charge is 2.16. The van der Waals surface area contributed by atoms with Crippen LogP contribution in [0.15, 0.2) is 81.6 Å². The Balaban J connectivity index is 1.53. The van der Waals surface area contributed by atoms with Crippen LogP contribution in [0.4, 0.5) is 11.4 Å². The van der Waals surface area contributed by atoms with E-state index in [-0.39, 0.29) is 11.3 Å². The van der Waals surface area contributed by atoms with Crippen molar-refractivity contribution in [2.24, 2.45) is 5.10 Å². The quantitative estimate of drug-likeness (QED) is 0.357. The van der Waals surface area contributed by atoms with E-state index in [0.717, 1.165) is 21.8 Å². The Morgan fingerprint density at radius 1 is 1.00 bits per heavy atom. The van der Waals surface area contributed by atoms with Gasteiger partial charge in [-0.1, -0.05) is 42.1 Å². The number of amides is 1. The van der Waals surface area contributed by atoms with E-state index in [0.29, 0.717) is 5.71 Å². The van der Waals surface area contributed by atoms with E-state index in [1.165, 1.54) is 11.0 Å². The van der Waals surface area contributed by atoms with Gasteiger partial charge in [0.2, 0.25) is 0 Å². The zero-order valence-corrected chi connectivity index (χ0v) is 15.4. The molecule has 0 aliphatic carbocycles. The summed E-state index contributed by atoms with van der Waals surface area (Å²) in [6, 6.07) is 20.6. The van der Waals surface area contributed by atoms with E-state index in [1.807, 2.05) is 43.3 Å². The fourth-order valence-corrected chi connectivity index (χ4v) is 3.76. The van der Waals surface area contributed by atoms with Gasteiger partial charge >= 0.3 is 0 Å². The normalized spacial score (nSPS) is 12.6. The number of rotatable bonds is 3. The summed E-state index contributed by atoms with van der Waals surface area (Å²) in [6.07, 6.45) is 0. The van der Waals surface area contributed by atoms with E-state index in [4.69, 9.17) is 0 Å². The molecule has 0 fully saturated rings. The average Bonchev–Trinajstić information content (AvgIpc) is 2.70. The fourth-order valence-electron chi connectivity index (χ4n) is 2.79. The van der Waals surface area contributed by atoms with Crippen molar-refractivity contribution < 1.29 is 9.90 Å². The molecule has 3 aromatic rings. The van der Waals surface area contributed by atoms with Gasteiger partial charge in [0.25, 0.3) is 5.91 Å². The molecule has 0 spiro atoms. The Morgan fingerprint density at radius 3 is 2.59 bits per heavy atom. The molecule has 3 N–H and O–H groups in total. The number of para-hydroxylation sites is 2. The topological polar surface area (TPSA) is 73.7 Å². The van der Waals surface area contributed by atoms with Crippen molar-refractivity contribution in [3.05, 3.63) is 77.9 Å². The Hall–Kier alpha value is -3.25. The van der Waals surface area contributed by atoms with E-state index < -0.39 is 5.91 Å². The number of hydrogen-bond donors (Lipinski definition) is 3. The predicted octanol–water partition coefficient (Wildman–Crippen LogP) is 4.75. The maximum absolute atomic E-state index is 12.2. The van der Waals surface area contributed by atoms with Gasteiger partial charge in [0, 0.05) is 9.79 Å². The number of anilines is 2. The molecule has 134 valence electrons. The lowest BCUT2D eigenvalue weighted by Gasteiger charge is -2.21. The summed E-state index contributed by atoms with van der Waals surface area (Å²) in [5, 5.41) is 17.4. The highest BCUT2D eigenvalue weighted by Crippen LogP contribution is 2.44. The number of hydrogen-bond acceptors (Lipinski definition) is 5. The van der Waals surface area contributed by atoms with Crippen LogP contribution in [0.1, 0.15) is 22.8 Å². The summed E-state index contributed by atoms with van der Waals surface area (Å²) in [5.41, 5.74) is 6.35. The summed E-state index contributed by atoms with van der Waals surface area (Å²) < 4.78 is 0. The van der Waals surface area contributed by atoms with E-state index in [1.54, 1.807) is 30.0 Å². The predicted molar refractivity (Wildman–Crippen MR) is 108 cm³/mol. The Bertz CT molecular complexity index is 1060. The van der Waals surface area contributed by atoms with Crippen molar-refractivity contribution in [3.8, 4) is 5.75 Å². The van der Waals surface area contributed by atoms with Gasteiger partial charge < -0.3 is 10.4 Å². The third-order valence-electron chi connectivity index (χ3n) is 4.25. The molecule has 4 rings (SSSR count). The van der Waals surface area contributed by atoms with Gasteiger partial charge in [0.05, 0.1) is 22.6 Å². The van der Waals surface area contributed by atoms with E-state index >= 15 is 0 Å². The lowest BCUT2D eigenvalue weighted by molar-refractivity contribution is 0.0952. The first-order valence-electron chi connectivity index (χ1n) is 8.43. The third-order valence-corrected chi connectivity index (χ3v) is 5.40. The molecule has 3 aromatic carbocycles. The molecular formula is C21H17N3O2S. The third kappa shape index (κ3) is 3.52. The standard InChI is InChI=1S/C21H17N3O2S/c1-13(23-24-21(26)15-6-2-4-8-18(15)25)14-10-11-20-17(12-14)22-16-7-3-5-9-19(16)27-20/h2-12,22,25H,1H3,(H,24,26)/b23-13+. The summed E-state index contributed by atoms with van der Waals surface area (Å²) in [5.74, 6) is -0.524. The van der Waals surface area contributed by atoms with Crippen LogP contribution < -0.4 is 10.7 Å². The van der Waals surface area contributed by atoms with Crippen LogP contribution in [0, 0.1) is 0 Å². The van der Waals surface area contributed by atoms with Crippen LogP contribution in [0.25, 0.3) is 0 Å². The lowest BCUT2D eigenvalue weighted by atomic mass is 10.1. The van der Waals surface area contributed by atoms with Gasteiger partial charge in [-0.25, -0.2) is 5.43 Å². The van der Waals surface area contributed by atoms with Gasteiger partial charge in [0.15, 0.2) is 0 Å². The minimum Gasteiger partial charge on any atom is -0.507 e. The number of fused-ring (bicyclic) bond motifs is 2. The minimum atomic E-state index is -0.451. The molecule has 0 atom stereocenters. The monoisotopic (exact) mass is 375 g/mol. The first kappa shape index (κ1) is 17.2. The second-order valence-corrected chi connectivity index (χ2v) is 7.17. The SMILES string of the molecule is C/C(=N\NC(=O)c1ccccc1O)c1ccc2c(c1)Nc1ccccc1S2. The summed E-state index contributed by atoms with van der Waals surface area (Å²) >= 11 is 1.72. The second-order valence-electron chi connectivity index (χ2n) is 6.09. The molecule has 0 unspecified atom stereocenters. The van der Waals surface area contributed by atoms with Crippen molar-refractivity contribution in [2.75, 3.05) is 5.32 Å². The number of phenolic OH excluding ortho intramolecular Hbond substituents is 1. The molecule has 27 heavy (non-hydrogen) atoms. The summed E-state index contributed by atoms with van der Waals surface area (Å²) in [6.45, 7) is 1.83. The average molecular weight is 375 g/mol. The molecule has 1 amide bonds. The number of carbonyl (C=O) groups excluding carboxylic acids is 1. The van der Waals surface area contributed by atoms with Crippen molar-refractivity contribution in [3.63, 3.8) is 0 Å². The number of benzene rings is 3. The summed E-state index contributed by atoms with van der Waals surface area (Å²) in [7, 11) is 0. The number of phenols is 1. The van der Waals surface area contributed by atoms with Crippen molar-refractivity contribution in [1.82, 2.24) is 5.43 Å². The molecule has 0 bridgehead atoms. The number of nitrogens with zero attached hydrogens (tertiary/aromatic N) is 1. The van der Waals surface area contributed by atoms with Gasteiger partial charge in [0.1, 0.15) is 5.75 Å². The maximum atomic E-state index is 12.2. The van der Waals surface area contributed by atoms with Crippen molar-refractivity contribution in [1.29, 1.82) is 0 Å². The maximum Gasteiger partial charge on any atom is 0.275 e. The van der Waals surface area contributed by atoms with Crippen LogP contribution in [0.2, 0.25) is 0 Å². The Kier molecular flexibility index (Phi) is 4.56. The Labute approximate surface area is 161 Å².